The monoisotopic (exact) mass is 372 g/mol. The number of carbonyl (C=O) groups is 1. The van der Waals surface area contributed by atoms with Gasteiger partial charge in [0.2, 0.25) is 0 Å². The number of aryl methyl sites for hydroxylation is 1. The van der Waals surface area contributed by atoms with E-state index in [0.29, 0.717) is 6.61 Å². The molecule has 1 unspecified atom stereocenters. The van der Waals surface area contributed by atoms with Crippen molar-refractivity contribution in [3.63, 3.8) is 0 Å². The second-order valence-electron chi connectivity index (χ2n) is 6.96. The summed E-state index contributed by atoms with van der Waals surface area (Å²) in [4.78, 5) is 20.6. The summed E-state index contributed by atoms with van der Waals surface area (Å²) in [7, 11) is 0. The van der Waals surface area contributed by atoms with Crippen LogP contribution in [0.5, 0.6) is 5.75 Å². The van der Waals surface area contributed by atoms with Crippen molar-refractivity contribution in [2.75, 3.05) is 39.3 Å². The Morgan fingerprint density at radius 1 is 1.19 bits per heavy atom. The molecule has 1 aliphatic heterocycles. The van der Waals surface area contributed by atoms with Gasteiger partial charge < -0.3 is 15.0 Å². The lowest BCUT2D eigenvalue weighted by Crippen LogP contribution is -2.54. The third-order valence-electron chi connectivity index (χ3n) is 4.66. The maximum atomic E-state index is 12.4. The van der Waals surface area contributed by atoms with Gasteiger partial charge in [0.15, 0.2) is 0 Å². The van der Waals surface area contributed by atoms with E-state index in [-0.39, 0.29) is 12.1 Å². The highest BCUT2D eigenvalue weighted by atomic mass is 16.5. The molecule has 1 aliphatic rings. The van der Waals surface area contributed by atoms with Crippen molar-refractivity contribution in [1.82, 2.24) is 29.9 Å². The van der Waals surface area contributed by atoms with Crippen LogP contribution in [0, 0.1) is 6.92 Å². The van der Waals surface area contributed by atoms with Crippen LogP contribution in [0.2, 0.25) is 0 Å². The second kappa shape index (κ2) is 9.36. The van der Waals surface area contributed by atoms with Gasteiger partial charge in [0.1, 0.15) is 25.0 Å². The summed E-state index contributed by atoms with van der Waals surface area (Å²) < 4.78 is 7.57. The number of nitrogens with zero attached hydrogens (tertiary/aromatic N) is 5. The minimum absolute atomic E-state index is 0.0223. The third kappa shape index (κ3) is 5.96. The molecule has 1 N–H and O–H groups in total. The van der Waals surface area contributed by atoms with E-state index < -0.39 is 0 Å². The van der Waals surface area contributed by atoms with Crippen molar-refractivity contribution in [2.45, 2.75) is 26.4 Å². The number of aromatic nitrogens is 3. The highest BCUT2D eigenvalue weighted by molar-refractivity contribution is 5.74. The van der Waals surface area contributed by atoms with E-state index in [4.69, 9.17) is 4.74 Å². The number of ether oxygens (including phenoxy) is 1. The molecule has 0 bridgehead atoms. The fourth-order valence-corrected chi connectivity index (χ4v) is 2.97. The van der Waals surface area contributed by atoms with Crippen molar-refractivity contribution < 1.29 is 9.53 Å². The Balaban J connectivity index is 1.34. The maximum absolute atomic E-state index is 12.4. The van der Waals surface area contributed by atoms with Gasteiger partial charge in [-0.2, -0.15) is 5.10 Å². The molecule has 3 rings (SSSR count). The van der Waals surface area contributed by atoms with Gasteiger partial charge in [-0.25, -0.2) is 9.78 Å². The Kier molecular flexibility index (Phi) is 6.64. The van der Waals surface area contributed by atoms with Crippen LogP contribution in [-0.4, -0.2) is 76.0 Å². The second-order valence-corrected chi connectivity index (χ2v) is 6.96. The number of amides is 2. The molecule has 1 atom stereocenters. The summed E-state index contributed by atoms with van der Waals surface area (Å²) in [5, 5.41) is 7.13. The summed E-state index contributed by atoms with van der Waals surface area (Å²) in [5.41, 5.74) is 1.20. The van der Waals surface area contributed by atoms with Gasteiger partial charge in [0.25, 0.3) is 0 Å². The Morgan fingerprint density at radius 2 is 1.93 bits per heavy atom. The predicted octanol–water partition coefficient (Wildman–Crippen LogP) is 1.38. The minimum Gasteiger partial charge on any atom is -0.491 e. The van der Waals surface area contributed by atoms with E-state index in [9.17, 15) is 4.79 Å². The zero-order valence-electron chi connectivity index (χ0n) is 16.0. The van der Waals surface area contributed by atoms with Gasteiger partial charge in [0.05, 0.1) is 12.6 Å². The molecule has 1 aromatic heterocycles. The molecule has 1 fully saturated rings. The average molecular weight is 372 g/mol. The van der Waals surface area contributed by atoms with Crippen molar-refractivity contribution in [3.05, 3.63) is 42.5 Å². The molecule has 8 heteroatoms. The van der Waals surface area contributed by atoms with Gasteiger partial charge in [-0.3, -0.25) is 9.58 Å². The first-order chi connectivity index (χ1) is 13.1. The number of carbonyl (C=O) groups excluding carboxylic acids is 1. The molecule has 0 radical (unpaired) electrons. The maximum Gasteiger partial charge on any atom is 0.317 e. The van der Waals surface area contributed by atoms with Crippen LogP contribution in [0.1, 0.15) is 12.5 Å². The number of benzene rings is 1. The highest BCUT2D eigenvalue weighted by Crippen LogP contribution is 2.11. The third-order valence-corrected chi connectivity index (χ3v) is 4.66. The summed E-state index contributed by atoms with van der Waals surface area (Å²) >= 11 is 0. The van der Waals surface area contributed by atoms with E-state index in [2.05, 4.69) is 20.3 Å². The Labute approximate surface area is 160 Å². The van der Waals surface area contributed by atoms with Gasteiger partial charge in [0, 0.05) is 32.7 Å². The zero-order valence-corrected chi connectivity index (χ0v) is 16.0. The van der Waals surface area contributed by atoms with Crippen LogP contribution >= 0.6 is 0 Å². The van der Waals surface area contributed by atoms with E-state index in [1.165, 1.54) is 5.56 Å². The van der Waals surface area contributed by atoms with Crippen LogP contribution in [0.15, 0.2) is 36.9 Å². The molecule has 1 aromatic carbocycles. The fourth-order valence-electron chi connectivity index (χ4n) is 2.97. The van der Waals surface area contributed by atoms with Crippen LogP contribution < -0.4 is 10.1 Å². The van der Waals surface area contributed by atoms with Gasteiger partial charge >= 0.3 is 6.03 Å². The minimum atomic E-state index is -0.0517. The molecular weight excluding hydrogens is 344 g/mol. The lowest BCUT2D eigenvalue weighted by Gasteiger charge is -2.35. The van der Waals surface area contributed by atoms with Gasteiger partial charge in [-0.05, 0) is 26.0 Å². The molecule has 0 saturated carbocycles. The first kappa shape index (κ1) is 19.2. The van der Waals surface area contributed by atoms with Crippen LogP contribution in [0.4, 0.5) is 4.79 Å². The van der Waals surface area contributed by atoms with Crippen LogP contribution in [-0.2, 0) is 6.54 Å². The molecule has 0 aliphatic carbocycles. The fraction of sp³-hybridized carbons (Fsp3) is 0.526. The largest absolute Gasteiger partial charge is 0.491 e. The van der Waals surface area contributed by atoms with Gasteiger partial charge in [-0.1, -0.05) is 17.7 Å². The Hall–Kier alpha value is -2.61. The normalized spacial score (nSPS) is 16.1. The Bertz CT molecular complexity index is 695. The number of hydrogen-bond acceptors (Lipinski definition) is 5. The number of nitrogens with one attached hydrogen (secondary N) is 1. The molecule has 8 nitrogen and oxygen atoms in total. The van der Waals surface area contributed by atoms with E-state index in [1.54, 1.807) is 12.7 Å². The van der Waals surface area contributed by atoms with Gasteiger partial charge in [-0.15, -0.1) is 0 Å². The van der Waals surface area contributed by atoms with E-state index >= 15 is 0 Å². The number of piperazine rings is 1. The summed E-state index contributed by atoms with van der Waals surface area (Å²) in [6, 6.07) is 7.85. The summed E-state index contributed by atoms with van der Waals surface area (Å²) in [5.74, 6) is 0.822. The van der Waals surface area contributed by atoms with Crippen LogP contribution in [0.3, 0.4) is 0 Å². The summed E-state index contributed by atoms with van der Waals surface area (Å²) in [6.07, 6.45) is 3.27. The van der Waals surface area contributed by atoms with Crippen molar-refractivity contribution >= 4 is 6.03 Å². The lowest BCUT2D eigenvalue weighted by atomic mass is 10.2. The highest BCUT2D eigenvalue weighted by Gasteiger charge is 2.22. The molecule has 2 amide bonds. The molecule has 2 aromatic rings. The molecule has 0 spiro atoms. The molecule has 27 heavy (non-hydrogen) atoms. The molecule has 146 valence electrons. The average Bonchev–Trinajstić information content (AvgIpc) is 3.20. The molecule has 1 saturated heterocycles. The first-order valence-electron chi connectivity index (χ1n) is 9.40. The standard InChI is InChI=1S/C19H28N6O2/c1-16-3-5-18(6-4-16)27-13-17(2)22-19(26)24-10-7-23(8-11-24)9-12-25-15-20-14-21-25/h3-6,14-15,17H,7-13H2,1-2H3,(H,22,26). The van der Waals surface area contributed by atoms with Crippen molar-refractivity contribution in [3.8, 4) is 5.75 Å². The Morgan fingerprint density at radius 3 is 2.59 bits per heavy atom. The number of rotatable bonds is 7. The first-order valence-corrected chi connectivity index (χ1v) is 9.40. The molecule has 2 heterocycles. The smallest absolute Gasteiger partial charge is 0.317 e. The zero-order chi connectivity index (χ0) is 19.1. The summed E-state index contributed by atoms with van der Waals surface area (Å²) in [6.45, 7) is 9.39. The number of urea groups is 1. The van der Waals surface area contributed by atoms with Crippen LogP contribution in [0.25, 0.3) is 0 Å². The number of hydrogen-bond donors (Lipinski definition) is 1. The van der Waals surface area contributed by atoms with Crippen molar-refractivity contribution in [1.29, 1.82) is 0 Å². The predicted molar refractivity (Wildman–Crippen MR) is 103 cm³/mol. The quantitative estimate of drug-likeness (QED) is 0.795. The van der Waals surface area contributed by atoms with E-state index in [1.807, 2.05) is 47.7 Å². The topological polar surface area (TPSA) is 75.5 Å². The lowest BCUT2D eigenvalue weighted by molar-refractivity contribution is 0.132. The SMILES string of the molecule is Cc1ccc(OCC(C)NC(=O)N2CCN(CCn3cncn3)CC2)cc1. The van der Waals surface area contributed by atoms with E-state index in [0.717, 1.165) is 45.0 Å². The van der Waals surface area contributed by atoms with Crippen molar-refractivity contribution in [2.24, 2.45) is 0 Å². The molecular formula is C19H28N6O2.